The van der Waals surface area contributed by atoms with Crippen molar-refractivity contribution in [2.24, 2.45) is 5.92 Å². The highest BCUT2D eigenvalue weighted by molar-refractivity contribution is 14.1. The predicted octanol–water partition coefficient (Wildman–Crippen LogP) is 3.89. The molecule has 0 aromatic heterocycles. The van der Waals surface area contributed by atoms with Crippen molar-refractivity contribution in [1.82, 2.24) is 0 Å². The summed E-state index contributed by atoms with van der Waals surface area (Å²) in [7, 11) is 0. The monoisotopic (exact) mass is 502 g/mol. The zero-order valence-electron chi connectivity index (χ0n) is 6.56. The molecule has 1 nitrogen and oxygen atoms in total. The van der Waals surface area contributed by atoms with Crippen molar-refractivity contribution < 1.29 is 4.79 Å². The average molecular weight is 502 g/mol. The molecule has 0 fully saturated rings. The highest BCUT2D eigenvalue weighted by atomic mass is 127. The molecule has 0 aliphatic rings. The van der Waals surface area contributed by atoms with Crippen LogP contribution in [0.4, 0.5) is 0 Å². The summed E-state index contributed by atoms with van der Waals surface area (Å²) >= 11 is 6.69. The number of allylic oxidation sites excluding steroid dienone is 3. The molecule has 0 saturated heterocycles. The highest BCUT2D eigenvalue weighted by Crippen LogP contribution is 2.27. The number of alkyl halides is 1. The largest absolute Gasteiger partial charge is 0.303 e. The summed E-state index contributed by atoms with van der Waals surface area (Å²) < 4.78 is 2.44. The van der Waals surface area contributed by atoms with Gasteiger partial charge in [-0.3, -0.25) is 0 Å². The van der Waals surface area contributed by atoms with Gasteiger partial charge in [-0.15, -0.1) is 0 Å². The van der Waals surface area contributed by atoms with Crippen molar-refractivity contribution >= 4 is 74.1 Å². The van der Waals surface area contributed by atoms with Gasteiger partial charge in [0.05, 0.1) is 3.92 Å². The number of hydrogen-bond donors (Lipinski definition) is 0. The van der Waals surface area contributed by atoms with Gasteiger partial charge in [-0.2, -0.15) is 0 Å². The topological polar surface area (TPSA) is 17.1 Å². The Labute approximate surface area is 114 Å². The maximum absolute atomic E-state index is 10.5. The van der Waals surface area contributed by atoms with E-state index in [1.807, 2.05) is 13.0 Å². The van der Waals surface area contributed by atoms with Crippen LogP contribution < -0.4 is 0 Å². The number of carbonyl (C=O) groups is 1. The maximum atomic E-state index is 10.5. The second-order valence-electron chi connectivity index (χ2n) is 2.37. The summed E-state index contributed by atoms with van der Waals surface area (Å²) in [6, 6.07) is 0. The quantitative estimate of drug-likeness (QED) is 0.247. The van der Waals surface area contributed by atoms with Crippen molar-refractivity contribution in [2.45, 2.75) is 10.8 Å². The lowest BCUT2D eigenvalue weighted by Gasteiger charge is -2.11. The lowest BCUT2D eigenvalue weighted by atomic mass is 10.1. The molecule has 0 heterocycles. The van der Waals surface area contributed by atoms with Crippen LogP contribution in [0.15, 0.2) is 19.8 Å². The Balaban J connectivity index is 4.37. The number of halogens is 3. The molecule has 68 valence electrons. The first-order valence-electron chi connectivity index (χ1n) is 3.30. The van der Waals surface area contributed by atoms with Crippen LogP contribution in [0.3, 0.4) is 0 Å². The van der Waals surface area contributed by atoms with Crippen LogP contribution in [0.2, 0.25) is 0 Å². The van der Waals surface area contributed by atoms with E-state index in [0.29, 0.717) is 0 Å². The van der Waals surface area contributed by atoms with Crippen LogP contribution in [0.1, 0.15) is 6.92 Å². The van der Waals surface area contributed by atoms with Crippen molar-refractivity contribution in [1.29, 1.82) is 0 Å². The average Bonchev–Trinajstić information content (AvgIpc) is 2.00. The van der Waals surface area contributed by atoms with Gasteiger partial charge < -0.3 is 4.79 Å². The van der Waals surface area contributed by atoms with Gasteiger partial charge in [0.15, 0.2) is 0 Å². The van der Waals surface area contributed by atoms with Crippen LogP contribution in [0.25, 0.3) is 0 Å². The van der Waals surface area contributed by atoms with E-state index in [4.69, 9.17) is 0 Å². The number of aldehydes is 1. The minimum absolute atomic E-state index is 0.0736. The van der Waals surface area contributed by atoms with Crippen LogP contribution in [0.5, 0.6) is 0 Å². The molecule has 0 aliphatic carbocycles. The number of hydrogen-bond acceptors (Lipinski definition) is 1. The summed E-state index contributed by atoms with van der Waals surface area (Å²) in [5, 5.41) is 0. The van der Waals surface area contributed by atoms with Crippen LogP contribution in [-0.4, -0.2) is 10.2 Å². The molecule has 0 saturated carbocycles. The van der Waals surface area contributed by atoms with Crippen LogP contribution >= 0.6 is 67.8 Å². The summed E-state index contributed by atoms with van der Waals surface area (Å²) in [6.45, 7) is 5.70. The summed E-state index contributed by atoms with van der Waals surface area (Å²) in [5.74, 6) is 0.0736. The van der Waals surface area contributed by atoms with Crippen LogP contribution in [-0.2, 0) is 4.79 Å². The molecular weight excluding hydrogens is 493 g/mol. The Morgan fingerprint density at radius 3 is 2.33 bits per heavy atom. The van der Waals surface area contributed by atoms with Crippen molar-refractivity contribution in [3.8, 4) is 0 Å². The fourth-order valence-corrected chi connectivity index (χ4v) is 2.77. The van der Waals surface area contributed by atoms with E-state index in [0.717, 1.165) is 9.87 Å². The normalized spacial score (nSPS) is 16.8. The van der Waals surface area contributed by atoms with Crippen LogP contribution in [0, 0.1) is 5.92 Å². The van der Waals surface area contributed by atoms with E-state index in [-0.39, 0.29) is 9.84 Å². The van der Waals surface area contributed by atoms with Gasteiger partial charge in [-0.1, -0.05) is 36.1 Å². The fourth-order valence-electron chi connectivity index (χ4n) is 0.549. The first-order valence-corrected chi connectivity index (χ1v) is 6.70. The third-order valence-electron chi connectivity index (χ3n) is 1.23. The molecule has 2 atom stereocenters. The first kappa shape index (κ1) is 13.3. The molecule has 0 radical (unpaired) electrons. The van der Waals surface area contributed by atoms with Gasteiger partial charge in [-0.25, -0.2) is 0 Å². The van der Waals surface area contributed by atoms with Gasteiger partial charge in [0.25, 0.3) is 0 Å². The van der Waals surface area contributed by atoms with Crippen molar-refractivity contribution in [3.05, 3.63) is 19.8 Å². The van der Waals surface area contributed by atoms with Gasteiger partial charge in [0, 0.05) is 13.1 Å². The number of rotatable bonds is 4. The highest BCUT2D eigenvalue weighted by Gasteiger charge is 2.15. The van der Waals surface area contributed by atoms with E-state index in [1.165, 1.54) is 3.58 Å². The second-order valence-corrected chi connectivity index (χ2v) is 6.35. The maximum Gasteiger partial charge on any atom is 0.124 e. The Morgan fingerprint density at radius 1 is 1.50 bits per heavy atom. The van der Waals surface area contributed by atoms with E-state index in [9.17, 15) is 4.79 Å². The first-order chi connectivity index (χ1) is 5.49. The molecule has 4 heteroatoms. The third-order valence-corrected chi connectivity index (χ3v) is 5.53. The summed E-state index contributed by atoms with van der Waals surface area (Å²) in [4.78, 5) is 10.5. The van der Waals surface area contributed by atoms with Crippen molar-refractivity contribution in [3.63, 3.8) is 0 Å². The van der Waals surface area contributed by atoms with E-state index in [2.05, 4.69) is 74.4 Å². The Morgan fingerprint density at radius 2 is 2.00 bits per heavy atom. The minimum atomic E-state index is 0.0736. The van der Waals surface area contributed by atoms with E-state index in [1.54, 1.807) is 0 Å². The molecule has 0 aromatic carbocycles. The lowest BCUT2D eigenvalue weighted by molar-refractivity contribution is -0.110. The van der Waals surface area contributed by atoms with Gasteiger partial charge in [0.2, 0.25) is 0 Å². The molecule has 12 heavy (non-hydrogen) atoms. The molecule has 0 bridgehead atoms. The zero-order valence-corrected chi connectivity index (χ0v) is 13.0. The third kappa shape index (κ3) is 5.15. The molecule has 0 amide bonds. The van der Waals surface area contributed by atoms with Gasteiger partial charge in [-0.05, 0) is 51.3 Å². The Kier molecular flexibility index (Phi) is 7.50. The standard InChI is InChI=1S/C8H9I3O/c1-5(4-12)8(11)7(10)3-6(2)9/h3-5,8H,2H2,1H3/b7-3+/t5-,8?/m0/s1. The fraction of sp³-hybridized carbons (Fsp3) is 0.375. The Bertz CT molecular complexity index is 210. The molecule has 0 aromatic rings. The SMILES string of the molecule is C=C(I)/C=C(/I)C(I)[C@@H](C)C=O. The molecule has 1 unspecified atom stereocenters. The minimum Gasteiger partial charge on any atom is -0.303 e. The van der Waals surface area contributed by atoms with E-state index >= 15 is 0 Å². The zero-order chi connectivity index (χ0) is 9.72. The van der Waals surface area contributed by atoms with Gasteiger partial charge in [0.1, 0.15) is 6.29 Å². The number of carbonyl (C=O) groups excluding carboxylic acids is 1. The summed E-state index contributed by atoms with van der Waals surface area (Å²) in [5.41, 5.74) is 0. The smallest absolute Gasteiger partial charge is 0.124 e. The molecule has 0 aliphatic heterocycles. The molecule has 0 rings (SSSR count). The predicted molar refractivity (Wildman–Crippen MR) is 78.3 cm³/mol. The van der Waals surface area contributed by atoms with Crippen molar-refractivity contribution in [2.75, 3.05) is 0 Å². The molecule has 0 spiro atoms. The molecule has 0 N–H and O–H groups in total. The van der Waals surface area contributed by atoms with Gasteiger partial charge >= 0.3 is 0 Å². The van der Waals surface area contributed by atoms with E-state index < -0.39 is 0 Å². The lowest BCUT2D eigenvalue weighted by Crippen LogP contribution is -2.11. The Hall–Kier alpha value is 1.34. The summed E-state index contributed by atoms with van der Waals surface area (Å²) in [6.07, 6.45) is 2.98. The molecular formula is C8H9I3O. The second kappa shape index (κ2) is 6.74.